The number of carbonyl (C=O) groups excluding carboxylic acids is 1. The molecule has 124 valence electrons. The normalized spacial score (nSPS) is 11.3. The first-order valence-electron chi connectivity index (χ1n) is 7.80. The molecule has 0 atom stereocenters. The average molecular weight is 444 g/mol. The lowest BCUT2D eigenvalue weighted by molar-refractivity contribution is 0.100. The van der Waals surface area contributed by atoms with E-state index in [-0.39, 0.29) is 5.82 Å². The van der Waals surface area contributed by atoms with Gasteiger partial charge in [0.15, 0.2) is 0 Å². The molecule has 3 nitrogen and oxygen atoms in total. The van der Waals surface area contributed by atoms with E-state index in [2.05, 4.69) is 39.3 Å². The van der Waals surface area contributed by atoms with E-state index in [0.29, 0.717) is 22.9 Å². The first kappa shape index (κ1) is 16.1. The van der Waals surface area contributed by atoms with Gasteiger partial charge in [0.05, 0.1) is 5.52 Å². The predicted octanol–water partition coefficient (Wildman–Crippen LogP) is 4.69. The van der Waals surface area contributed by atoms with Crippen molar-refractivity contribution in [1.29, 1.82) is 0 Å². The van der Waals surface area contributed by atoms with Crippen molar-refractivity contribution in [2.75, 3.05) is 0 Å². The number of rotatable bonds is 3. The van der Waals surface area contributed by atoms with Gasteiger partial charge < -0.3 is 10.3 Å². The Hall–Kier alpha value is -2.41. The molecule has 1 amide bonds. The smallest absolute Gasteiger partial charge is 0.249 e. The molecule has 5 heteroatoms. The van der Waals surface area contributed by atoms with Gasteiger partial charge in [0.25, 0.3) is 0 Å². The second-order valence-electron chi connectivity index (χ2n) is 5.90. The van der Waals surface area contributed by atoms with Crippen LogP contribution in [0.25, 0.3) is 21.8 Å². The maximum absolute atomic E-state index is 13.9. The lowest BCUT2D eigenvalue weighted by atomic mass is 10.1. The van der Waals surface area contributed by atoms with Crippen molar-refractivity contribution >= 4 is 50.3 Å². The van der Waals surface area contributed by atoms with E-state index in [0.717, 1.165) is 20.2 Å². The van der Waals surface area contributed by atoms with E-state index in [1.165, 1.54) is 12.1 Å². The highest BCUT2D eigenvalue weighted by atomic mass is 127. The van der Waals surface area contributed by atoms with E-state index >= 15 is 0 Å². The molecule has 0 unspecified atom stereocenters. The molecule has 0 aliphatic rings. The summed E-state index contributed by atoms with van der Waals surface area (Å²) in [6.07, 6.45) is 0. The number of nitrogens with zero attached hydrogens (tertiary/aromatic N) is 1. The van der Waals surface area contributed by atoms with Gasteiger partial charge in [0, 0.05) is 32.0 Å². The molecular weight excluding hydrogens is 430 g/mol. The standard InChI is InChI=1S/C20H14FIN2O/c21-13-8-9-17-15(10-13)19-14(20(23)25)5-3-7-18(19)24(17)11-12-4-1-2-6-16(12)22/h1-10H,11H2,(H2,23,25). The number of hydrogen-bond acceptors (Lipinski definition) is 1. The molecule has 1 heterocycles. The summed E-state index contributed by atoms with van der Waals surface area (Å²) in [7, 11) is 0. The van der Waals surface area contributed by atoms with Gasteiger partial charge in [0.2, 0.25) is 5.91 Å². The third-order valence-corrected chi connectivity index (χ3v) is 5.46. The summed E-state index contributed by atoms with van der Waals surface area (Å²) in [6.45, 7) is 0.632. The van der Waals surface area contributed by atoms with Gasteiger partial charge in [-0.05, 0) is 64.6 Å². The molecule has 0 radical (unpaired) electrons. The molecule has 0 aliphatic carbocycles. The van der Waals surface area contributed by atoms with Crippen LogP contribution in [0.4, 0.5) is 4.39 Å². The third-order valence-electron chi connectivity index (χ3n) is 4.40. The van der Waals surface area contributed by atoms with E-state index in [1.54, 1.807) is 12.1 Å². The summed E-state index contributed by atoms with van der Waals surface area (Å²) in [5.41, 5.74) is 8.88. The molecule has 0 saturated heterocycles. The van der Waals surface area contributed by atoms with Crippen molar-refractivity contribution in [3.63, 3.8) is 0 Å². The largest absolute Gasteiger partial charge is 0.366 e. The van der Waals surface area contributed by atoms with Crippen molar-refractivity contribution < 1.29 is 9.18 Å². The minimum absolute atomic E-state index is 0.333. The van der Waals surface area contributed by atoms with Gasteiger partial charge >= 0.3 is 0 Å². The summed E-state index contributed by atoms with van der Waals surface area (Å²) in [5, 5.41) is 1.41. The summed E-state index contributed by atoms with van der Waals surface area (Å²) < 4.78 is 17.1. The Labute approximate surface area is 157 Å². The van der Waals surface area contributed by atoms with Crippen LogP contribution in [0, 0.1) is 9.39 Å². The second kappa shape index (κ2) is 6.15. The lowest BCUT2D eigenvalue weighted by Crippen LogP contribution is -2.11. The Morgan fingerprint density at radius 3 is 2.60 bits per heavy atom. The number of amides is 1. The first-order chi connectivity index (χ1) is 12.1. The molecule has 0 saturated carbocycles. The van der Waals surface area contributed by atoms with E-state index in [9.17, 15) is 9.18 Å². The Kier molecular flexibility index (Phi) is 3.95. The van der Waals surface area contributed by atoms with Gasteiger partial charge in [-0.2, -0.15) is 0 Å². The van der Waals surface area contributed by atoms with Crippen molar-refractivity contribution in [2.24, 2.45) is 5.73 Å². The minimum atomic E-state index is -0.511. The fourth-order valence-electron chi connectivity index (χ4n) is 3.29. The zero-order chi connectivity index (χ0) is 17.6. The summed E-state index contributed by atoms with van der Waals surface area (Å²) >= 11 is 2.31. The van der Waals surface area contributed by atoms with Crippen molar-refractivity contribution in [2.45, 2.75) is 6.54 Å². The monoisotopic (exact) mass is 444 g/mol. The Morgan fingerprint density at radius 2 is 1.84 bits per heavy atom. The van der Waals surface area contributed by atoms with Crippen LogP contribution in [0.2, 0.25) is 0 Å². The zero-order valence-electron chi connectivity index (χ0n) is 13.2. The molecule has 25 heavy (non-hydrogen) atoms. The fraction of sp³-hybridized carbons (Fsp3) is 0.0500. The van der Waals surface area contributed by atoms with Crippen LogP contribution < -0.4 is 5.73 Å². The van der Waals surface area contributed by atoms with Crippen LogP contribution in [-0.2, 0) is 6.54 Å². The third kappa shape index (κ3) is 2.68. The number of fused-ring (bicyclic) bond motifs is 3. The van der Waals surface area contributed by atoms with E-state index in [4.69, 9.17) is 5.73 Å². The van der Waals surface area contributed by atoms with Crippen LogP contribution in [0.15, 0.2) is 60.7 Å². The molecule has 0 bridgehead atoms. The van der Waals surface area contributed by atoms with E-state index < -0.39 is 5.91 Å². The highest BCUT2D eigenvalue weighted by Gasteiger charge is 2.17. The quantitative estimate of drug-likeness (QED) is 0.459. The number of aromatic nitrogens is 1. The minimum Gasteiger partial charge on any atom is -0.366 e. The maximum Gasteiger partial charge on any atom is 0.249 e. The first-order valence-corrected chi connectivity index (χ1v) is 8.88. The van der Waals surface area contributed by atoms with Crippen LogP contribution in [0.1, 0.15) is 15.9 Å². The molecule has 0 aliphatic heterocycles. The second-order valence-corrected chi connectivity index (χ2v) is 7.07. The van der Waals surface area contributed by atoms with Gasteiger partial charge in [-0.1, -0.05) is 24.3 Å². The van der Waals surface area contributed by atoms with Crippen LogP contribution >= 0.6 is 22.6 Å². The molecule has 0 fully saturated rings. The number of nitrogens with two attached hydrogens (primary N) is 1. The Bertz CT molecular complexity index is 1130. The molecule has 0 spiro atoms. The molecule has 2 N–H and O–H groups in total. The van der Waals surface area contributed by atoms with Crippen molar-refractivity contribution in [1.82, 2.24) is 4.57 Å². The molecular formula is C20H14FIN2O. The fourth-order valence-corrected chi connectivity index (χ4v) is 3.85. The molecule has 1 aromatic heterocycles. The average Bonchev–Trinajstić information content (AvgIpc) is 2.90. The topological polar surface area (TPSA) is 48.0 Å². The summed E-state index contributed by atoms with van der Waals surface area (Å²) in [5.74, 6) is -0.844. The van der Waals surface area contributed by atoms with Crippen LogP contribution in [0.5, 0.6) is 0 Å². The van der Waals surface area contributed by atoms with Crippen LogP contribution in [-0.4, -0.2) is 10.5 Å². The SMILES string of the molecule is NC(=O)c1cccc2c1c1cc(F)ccc1n2Cc1ccccc1I. The highest BCUT2D eigenvalue weighted by molar-refractivity contribution is 14.1. The Balaban J connectivity index is 2.08. The summed E-state index contributed by atoms with van der Waals surface area (Å²) in [6, 6.07) is 18.2. The lowest BCUT2D eigenvalue weighted by Gasteiger charge is -2.10. The number of halogens is 2. The van der Waals surface area contributed by atoms with Gasteiger partial charge in [0.1, 0.15) is 5.82 Å². The van der Waals surface area contributed by atoms with Crippen LogP contribution in [0.3, 0.4) is 0 Å². The predicted molar refractivity (Wildman–Crippen MR) is 106 cm³/mol. The highest BCUT2D eigenvalue weighted by Crippen LogP contribution is 2.33. The maximum atomic E-state index is 13.9. The molecule has 4 aromatic rings. The van der Waals surface area contributed by atoms with Gasteiger partial charge in [-0.3, -0.25) is 4.79 Å². The van der Waals surface area contributed by atoms with E-state index in [1.807, 2.05) is 24.3 Å². The molecule has 3 aromatic carbocycles. The number of primary amides is 1. The van der Waals surface area contributed by atoms with Gasteiger partial charge in [-0.15, -0.1) is 0 Å². The Morgan fingerprint density at radius 1 is 1.04 bits per heavy atom. The number of benzene rings is 3. The van der Waals surface area contributed by atoms with Crippen molar-refractivity contribution in [3.8, 4) is 0 Å². The zero-order valence-corrected chi connectivity index (χ0v) is 15.3. The number of carbonyl (C=O) groups is 1. The van der Waals surface area contributed by atoms with Gasteiger partial charge in [-0.25, -0.2) is 4.39 Å². The van der Waals surface area contributed by atoms with Crippen molar-refractivity contribution in [3.05, 3.63) is 81.2 Å². The number of hydrogen-bond donors (Lipinski definition) is 1. The summed E-state index contributed by atoms with van der Waals surface area (Å²) in [4.78, 5) is 11.9. The molecule has 4 rings (SSSR count).